The average molecular weight is 254 g/mol. The van der Waals surface area contributed by atoms with Crippen LogP contribution in [-0.4, -0.2) is 29.9 Å². The Morgan fingerprint density at radius 1 is 1.33 bits per heavy atom. The molecule has 1 aliphatic carbocycles. The summed E-state index contributed by atoms with van der Waals surface area (Å²) in [6.45, 7) is 0.814. The van der Waals surface area contributed by atoms with Gasteiger partial charge in [-0.3, -0.25) is 4.79 Å². The van der Waals surface area contributed by atoms with Gasteiger partial charge in [-0.2, -0.15) is 0 Å². The van der Waals surface area contributed by atoms with Crippen molar-refractivity contribution in [2.24, 2.45) is 5.73 Å². The lowest BCUT2D eigenvalue weighted by molar-refractivity contribution is 0.0588. The molecule has 0 bridgehead atoms. The summed E-state index contributed by atoms with van der Waals surface area (Å²) < 4.78 is 25.9. The summed E-state index contributed by atoms with van der Waals surface area (Å²) >= 11 is 0. The molecule has 0 heterocycles. The van der Waals surface area contributed by atoms with E-state index in [2.05, 4.69) is 0 Å². The second kappa shape index (κ2) is 5.44. The SMILES string of the molecule is NCCN(C(=O)c1ccc(F)c(F)c1)C1CCC1. The standard InChI is InChI=1S/C13H16F2N2O/c14-11-5-4-9(8-12(11)15)13(18)17(7-6-16)10-2-1-3-10/h4-5,8,10H,1-3,6-7,16H2. The first-order valence-electron chi connectivity index (χ1n) is 6.09. The molecule has 1 amide bonds. The van der Waals surface area contributed by atoms with E-state index in [0.717, 1.165) is 31.4 Å². The van der Waals surface area contributed by atoms with Gasteiger partial charge in [0.15, 0.2) is 11.6 Å². The smallest absolute Gasteiger partial charge is 0.254 e. The van der Waals surface area contributed by atoms with Crippen LogP contribution in [-0.2, 0) is 0 Å². The van der Waals surface area contributed by atoms with Gasteiger partial charge in [-0.1, -0.05) is 0 Å². The van der Waals surface area contributed by atoms with Crippen molar-refractivity contribution in [1.82, 2.24) is 4.90 Å². The third kappa shape index (κ3) is 2.51. The van der Waals surface area contributed by atoms with Crippen molar-refractivity contribution in [3.8, 4) is 0 Å². The first-order chi connectivity index (χ1) is 8.63. The molecule has 0 radical (unpaired) electrons. The van der Waals surface area contributed by atoms with Crippen molar-refractivity contribution in [3.63, 3.8) is 0 Å². The van der Waals surface area contributed by atoms with E-state index < -0.39 is 11.6 Å². The fourth-order valence-corrected chi connectivity index (χ4v) is 2.08. The second-order valence-electron chi connectivity index (χ2n) is 4.50. The van der Waals surface area contributed by atoms with Gasteiger partial charge in [0, 0.05) is 24.7 Å². The van der Waals surface area contributed by atoms with Crippen LogP contribution in [0.1, 0.15) is 29.6 Å². The summed E-state index contributed by atoms with van der Waals surface area (Å²) in [5.74, 6) is -2.22. The summed E-state index contributed by atoms with van der Waals surface area (Å²) in [5, 5.41) is 0. The zero-order valence-electron chi connectivity index (χ0n) is 10.0. The summed E-state index contributed by atoms with van der Waals surface area (Å²) in [5.41, 5.74) is 5.66. The summed E-state index contributed by atoms with van der Waals surface area (Å²) in [6.07, 6.45) is 3.00. The molecule has 0 spiro atoms. The molecule has 1 fully saturated rings. The van der Waals surface area contributed by atoms with Gasteiger partial charge < -0.3 is 10.6 Å². The molecule has 1 aromatic carbocycles. The van der Waals surface area contributed by atoms with Crippen LogP contribution in [0.3, 0.4) is 0 Å². The lowest BCUT2D eigenvalue weighted by atomic mass is 9.91. The minimum atomic E-state index is -0.998. The molecule has 0 unspecified atom stereocenters. The van der Waals surface area contributed by atoms with Crippen molar-refractivity contribution >= 4 is 5.91 Å². The van der Waals surface area contributed by atoms with Crippen LogP contribution in [0.4, 0.5) is 8.78 Å². The maximum atomic E-state index is 13.1. The van der Waals surface area contributed by atoms with Gasteiger partial charge in [-0.25, -0.2) is 8.78 Å². The Morgan fingerprint density at radius 2 is 2.06 bits per heavy atom. The Balaban J connectivity index is 2.18. The molecule has 2 rings (SSSR count). The van der Waals surface area contributed by atoms with Crippen molar-refractivity contribution < 1.29 is 13.6 Å². The Morgan fingerprint density at radius 3 is 2.56 bits per heavy atom. The maximum Gasteiger partial charge on any atom is 0.254 e. The molecule has 18 heavy (non-hydrogen) atoms. The largest absolute Gasteiger partial charge is 0.334 e. The monoisotopic (exact) mass is 254 g/mol. The molecular formula is C13H16F2N2O. The molecule has 1 aromatic rings. The number of nitrogens with two attached hydrogens (primary N) is 1. The van der Waals surface area contributed by atoms with E-state index >= 15 is 0 Å². The second-order valence-corrected chi connectivity index (χ2v) is 4.50. The summed E-state index contributed by atoms with van der Waals surface area (Å²) in [7, 11) is 0. The molecule has 98 valence electrons. The van der Waals surface area contributed by atoms with Gasteiger partial charge >= 0.3 is 0 Å². The van der Waals surface area contributed by atoms with E-state index in [4.69, 9.17) is 5.73 Å². The quantitative estimate of drug-likeness (QED) is 0.892. The Labute approximate surface area is 105 Å². The van der Waals surface area contributed by atoms with Crippen molar-refractivity contribution in [2.45, 2.75) is 25.3 Å². The van der Waals surface area contributed by atoms with Crippen LogP contribution < -0.4 is 5.73 Å². The van der Waals surface area contributed by atoms with E-state index in [1.807, 2.05) is 0 Å². The minimum absolute atomic E-state index is 0.175. The fourth-order valence-electron chi connectivity index (χ4n) is 2.08. The molecule has 0 saturated heterocycles. The molecular weight excluding hydrogens is 238 g/mol. The van der Waals surface area contributed by atoms with Gasteiger partial charge in [0.05, 0.1) is 0 Å². The third-order valence-corrected chi connectivity index (χ3v) is 3.31. The number of carbonyl (C=O) groups excluding carboxylic acids is 1. The third-order valence-electron chi connectivity index (χ3n) is 3.31. The highest BCUT2D eigenvalue weighted by molar-refractivity contribution is 5.94. The highest BCUT2D eigenvalue weighted by atomic mass is 19.2. The number of hydrogen-bond donors (Lipinski definition) is 1. The Kier molecular flexibility index (Phi) is 3.91. The molecule has 0 aromatic heterocycles. The summed E-state index contributed by atoms with van der Waals surface area (Å²) in [4.78, 5) is 13.9. The molecule has 5 heteroatoms. The van der Waals surface area contributed by atoms with E-state index in [0.29, 0.717) is 13.1 Å². The number of carbonyl (C=O) groups is 1. The summed E-state index contributed by atoms with van der Waals surface area (Å²) in [6, 6.07) is 3.42. The molecule has 0 atom stereocenters. The van der Waals surface area contributed by atoms with Crippen LogP contribution >= 0.6 is 0 Å². The van der Waals surface area contributed by atoms with E-state index in [-0.39, 0.29) is 17.5 Å². The van der Waals surface area contributed by atoms with Crippen LogP contribution in [0.2, 0.25) is 0 Å². The van der Waals surface area contributed by atoms with Crippen LogP contribution in [0.5, 0.6) is 0 Å². The Hall–Kier alpha value is -1.49. The number of halogens is 2. The molecule has 0 aliphatic heterocycles. The molecule has 2 N–H and O–H groups in total. The van der Waals surface area contributed by atoms with Crippen LogP contribution in [0.25, 0.3) is 0 Å². The first kappa shape index (κ1) is 13.0. The first-order valence-corrected chi connectivity index (χ1v) is 6.09. The predicted molar refractivity (Wildman–Crippen MR) is 64.1 cm³/mol. The van der Waals surface area contributed by atoms with Gasteiger partial charge in [0.1, 0.15) is 0 Å². The lowest BCUT2D eigenvalue weighted by Crippen LogP contribution is -2.46. The lowest BCUT2D eigenvalue weighted by Gasteiger charge is -2.37. The van der Waals surface area contributed by atoms with Gasteiger partial charge in [0.25, 0.3) is 5.91 Å². The van der Waals surface area contributed by atoms with E-state index in [9.17, 15) is 13.6 Å². The minimum Gasteiger partial charge on any atom is -0.334 e. The van der Waals surface area contributed by atoms with Crippen molar-refractivity contribution in [2.75, 3.05) is 13.1 Å². The van der Waals surface area contributed by atoms with Crippen LogP contribution in [0, 0.1) is 11.6 Å². The molecule has 1 saturated carbocycles. The number of benzene rings is 1. The number of nitrogens with zero attached hydrogens (tertiary/aromatic N) is 1. The van der Waals surface area contributed by atoms with E-state index in [1.54, 1.807) is 4.90 Å². The normalized spacial score (nSPS) is 15.3. The number of rotatable bonds is 4. The predicted octanol–water partition coefficient (Wildman–Crippen LogP) is 1.92. The fraction of sp³-hybridized carbons (Fsp3) is 0.462. The molecule has 3 nitrogen and oxygen atoms in total. The highest BCUT2D eigenvalue weighted by Crippen LogP contribution is 2.26. The molecule has 1 aliphatic rings. The van der Waals surface area contributed by atoms with Crippen molar-refractivity contribution in [3.05, 3.63) is 35.4 Å². The van der Waals surface area contributed by atoms with E-state index in [1.165, 1.54) is 6.07 Å². The van der Waals surface area contributed by atoms with Gasteiger partial charge in [0.2, 0.25) is 0 Å². The average Bonchev–Trinajstić information content (AvgIpc) is 2.29. The topological polar surface area (TPSA) is 46.3 Å². The van der Waals surface area contributed by atoms with Gasteiger partial charge in [-0.05, 0) is 37.5 Å². The number of hydrogen-bond acceptors (Lipinski definition) is 2. The number of amides is 1. The van der Waals surface area contributed by atoms with Crippen LogP contribution in [0.15, 0.2) is 18.2 Å². The zero-order valence-corrected chi connectivity index (χ0v) is 10.0. The van der Waals surface area contributed by atoms with Gasteiger partial charge in [-0.15, -0.1) is 0 Å². The Bertz CT molecular complexity index is 447. The zero-order chi connectivity index (χ0) is 13.1. The van der Waals surface area contributed by atoms with Crippen molar-refractivity contribution in [1.29, 1.82) is 0 Å². The highest BCUT2D eigenvalue weighted by Gasteiger charge is 2.29. The maximum absolute atomic E-state index is 13.1.